The number of carbonyl (C=O) groups is 1. The standard InChI is InChI=1S/C12H12BrClFNO/c13-5-8-4-11(17)16(6-8)7-9-2-1-3-10(14)12(9)15/h1-3,8H,4-7H2. The third-order valence-corrected chi connectivity index (χ3v) is 4.11. The van der Waals surface area contributed by atoms with Crippen molar-refractivity contribution in [1.82, 2.24) is 4.90 Å². The maximum Gasteiger partial charge on any atom is 0.223 e. The number of alkyl halides is 1. The Bertz CT molecular complexity index is 441. The van der Waals surface area contributed by atoms with Crippen LogP contribution in [0.15, 0.2) is 18.2 Å². The Balaban J connectivity index is 2.11. The summed E-state index contributed by atoms with van der Waals surface area (Å²) in [7, 11) is 0. The third-order valence-electron chi connectivity index (χ3n) is 2.91. The van der Waals surface area contributed by atoms with Gasteiger partial charge in [-0.25, -0.2) is 4.39 Å². The van der Waals surface area contributed by atoms with E-state index in [0.717, 1.165) is 5.33 Å². The largest absolute Gasteiger partial charge is 0.338 e. The number of nitrogens with zero attached hydrogens (tertiary/aromatic N) is 1. The fourth-order valence-corrected chi connectivity index (χ4v) is 2.61. The molecule has 2 rings (SSSR count). The molecule has 0 radical (unpaired) electrons. The summed E-state index contributed by atoms with van der Waals surface area (Å²) in [5, 5.41) is 0.902. The van der Waals surface area contributed by atoms with Gasteiger partial charge in [0.15, 0.2) is 0 Å². The van der Waals surface area contributed by atoms with Crippen molar-refractivity contribution < 1.29 is 9.18 Å². The molecule has 0 N–H and O–H groups in total. The quantitative estimate of drug-likeness (QED) is 0.783. The maximum absolute atomic E-state index is 13.7. The van der Waals surface area contributed by atoms with Gasteiger partial charge in [-0.15, -0.1) is 0 Å². The van der Waals surface area contributed by atoms with Crippen molar-refractivity contribution in [3.05, 3.63) is 34.6 Å². The number of hydrogen-bond donors (Lipinski definition) is 0. The minimum Gasteiger partial charge on any atom is -0.338 e. The number of rotatable bonds is 3. The number of hydrogen-bond acceptors (Lipinski definition) is 1. The molecule has 0 aliphatic carbocycles. The van der Waals surface area contributed by atoms with E-state index in [0.29, 0.717) is 31.0 Å². The smallest absolute Gasteiger partial charge is 0.223 e. The zero-order valence-corrected chi connectivity index (χ0v) is 11.5. The third kappa shape index (κ3) is 2.80. The summed E-state index contributed by atoms with van der Waals surface area (Å²) >= 11 is 9.07. The summed E-state index contributed by atoms with van der Waals surface area (Å²) < 4.78 is 13.7. The lowest BCUT2D eigenvalue weighted by molar-refractivity contribution is -0.128. The second-order valence-electron chi connectivity index (χ2n) is 4.21. The molecule has 1 amide bonds. The molecule has 0 spiro atoms. The lowest BCUT2D eigenvalue weighted by atomic mass is 10.1. The first-order valence-corrected chi connectivity index (χ1v) is 6.88. The highest BCUT2D eigenvalue weighted by molar-refractivity contribution is 9.09. The van der Waals surface area contributed by atoms with Gasteiger partial charge < -0.3 is 4.90 Å². The van der Waals surface area contributed by atoms with Crippen molar-refractivity contribution >= 4 is 33.4 Å². The zero-order chi connectivity index (χ0) is 12.4. The highest BCUT2D eigenvalue weighted by Gasteiger charge is 2.29. The van der Waals surface area contributed by atoms with Crippen LogP contribution in [0.5, 0.6) is 0 Å². The molecular weight excluding hydrogens is 308 g/mol. The molecular formula is C12H12BrClFNO. The summed E-state index contributed by atoms with van der Waals surface area (Å²) in [6, 6.07) is 4.87. The molecule has 5 heteroatoms. The van der Waals surface area contributed by atoms with Crippen LogP contribution in [0.2, 0.25) is 5.02 Å². The SMILES string of the molecule is O=C1CC(CBr)CN1Cc1cccc(Cl)c1F. The second kappa shape index (κ2) is 5.36. The van der Waals surface area contributed by atoms with Crippen molar-refractivity contribution in [1.29, 1.82) is 0 Å². The Labute approximate surface area is 113 Å². The van der Waals surface area contributed by atoms with Gasteiger partial charge in [0.2, 0.25) is 5.91 Å². The monoisotopic (exact) mass is 319 g/mol. The number of benzene rings is 1. The molecule has 1 saturated heterocycles. The van der Waals surface area contributed by atoms with E-state index >= 15 is 0 Å². The van der Waals surface area contributed by atoms with E-state index < -0.39 is 5.82 Å². The summed E-state index contributed by atoms with van der Waals surface area (Å²) in [6.07, 6.45) is 0.535. The Hall–Kier alpha value is -0.610. The predicted molar refractivity (Wildman–Crippen MR) is 68.7 cm³/mol. The molecule has 2 nitrogen and oxygen atoms in total. The number of amides is 1. The van der Waals surface area contributed by atoms with Crippen molar-refractivity contribution in [2.24, 2.45) is 5.92 Å². The van der Waals surface area contributed by atoms with Gasteiger partial charge in [0.05, 0.1) is 5.02 Å². The molecule has 17 heavy (non-hydrogen) atoms. The lowest BCUT2D eigenvalue weighted by Crippen LogP contribution is -2.25. The molecule has 1 heterocycles. The fraction of sp³-hybridized carbons (Fsp3) is 0.417. The molecule has 1 unspecified atom stereocenters. The summed E-state index contributed by atoms with van der Waals surface area (Å²) in [6.45, 7) is 0.977. The van der Waals surface area contributed by atoms with Crippen LogP contribution in [0.3, 0.4) is 0 Å². The fourth-order valence-electron chi connectivity index (χ4n) is 1.99. The Morgan fingerprint density at radius 2 is 2.29 bits per heavy atom. The van der Waals surface area contributed by atoms with Crippen LogP contribution >= 0.6 is 27.5 Å². The Kier molecular flexibility index (Phi) is 4.05. The molecule has 0 bridgehead atoms. The average molecular weight is 321 g/mol. The maximum atomic E-state index is 13.7. The normalized spacial score (nSPS) is 20.1. The summed E-state index contributed by atoms with van der Waals surface area (Å²) in [5.74, 6) is -0.0252. The Morgan fingerprint density at radius 3 is 2.94 bits per heavy atom. The number of halogens is 3. The molecule has 92 valence electrons. The first-order chi connectivity index (χ1) is 8.11. The van der Waals surface area contributed by atoms with Crippen LogP contribution < -0.4 is 0 Å². The van der Waals surface area contributed by atoms with Crippen LogP contribution in [0.4, 0.5) is 4.39 Å². The minimum absolute atomic E-state index is 0.0776. The molecule has 1 aromatic carbocycles. The van der Waals surface area contributed by atoms with Gasteiger partial charge in [0, 0.05) is 30.4 Å². The lowest BCUT2D eigenvalue weighted by Gasteiger charge is -2.17. The van der Waals surface area contributed by atoms with E-state index in [2.05, 4.69) is 15.9 Å². The van der Waals surface area contributed by atoms with E-state index in [9.17, 15) is 9.18 Å². The minimum atomic E-state index is -0.427. The molecule has 0 aromatic heterocycles. The highest BCUT2D eigenvalue weighted by Crippen LogP contribution is 2.24. The first-order valence-electron chi connectivity index (χ1n) is 5.38. The van der Waals surface area contributed by atoms with Crippen LogP contribution in [0, 0.1) is 11.7 Å². The average Bonchev–Trinajstić information content (AvgIpc) is 2.66. The number of likely N-dealkylation sites (tertiary alicyclic amines) is 1. The van der Waals surface area contributed by atoms with Crippen LogP contribution in [-0.2, 0) is 11.3 Å². The Morgan fingerprint density at radius 1 is 1.53 bits per heavy atom. The van der Waals surface area contributed by atoms with Crippen molar-refractivity contribution in [3.8, 4) is 0 Å². The summed E-state index contributed by atoms with van der Waals surface area (Å²) in [4.78, 5) is 13.4. The predicted octanol–water partition coefficient (Wildman–Crippen LogP) is 3.22. The van der Waals surface area contributed by atoms with Crippen molar-refractivity contribution in [2.75, 3.05) is 11.9 Å². The van der Waals surface area contributed by atoms with Gasteiger partial charge in [-0.3, -0.25) is 4.79 Å². The molecule has 1 aliphatic rings. The molecule has 1 fully saturated rings. The molecule has 1 atom stereocenters. The molecule has 1 aliphatic heterocycles. The molecule has 0 saturated carbocycles. The highest BCUT2D eigenvalue weighted by atomic mass is 79.9. The van der Waals surface area contributed by atoms with Crippen LogP contribution in [0.1, 0.15) is 12.0 Å². The van der Waals surface area contributed by atoms with Gasteiger partial charge in [0.25, 0.3) is 0 Å². The van der Waals surface area contributed by atoms with E-state index in [1.165, 1.54) is 6.07 Å². The van der Waals surface area contributed by atoms with Crippen molar-refractivity contribution in [2.45, 2.75) is 13.0 Å². The van der Waals surface area contributed by atoms with Crippen LogP contribution in [-0.4, -0.2) is 22.7 Å². The van der Waals surface area contributed by atoms with E-state index in [-0.39, 0.29) is 10.9 Å². The first kappa shape index (κ1) is 12.8. The summed E-state index contributed by atoms with van der Waals surface area (Å²) in [5.41, 5.74) is 0.473. The molecule has 1 aromatic rings. The van der Waals surface area contributed by atoms with Gasteiger partial charge in [-0.2, -0.15) is 0 Å². The van der Waals surface area contributed by atoms with Gasteiger partial charge >= 0.3 is 0 Å². The van der Waals surface area contributed by atoms with Gasteiger partial charge in [-0.1, -0.05) is 39.7 Å². The number of carbonyl (C=O) groups excluding carboxylic acids is 1. The zero-order valence-electron chi connectivity index (χ0n) is 9.13. The van der Waals surface area contributed by atoms with Crippen LogP contribution in [0.25, 0.3) is 0 Å². The van der Waals surface area contributed by atoms with Gasteiger partial charge in [0.1, 0.15) is 5.82 Å². The second-order valence-corrected chi connectivity index (χ2v) is 5.27. The van der Waals surface area contributed by atoms with E-state index in [1.54, 1.807) is 17.0 Å². The van der Waals surface area contributed by atoms with E-state index in [4.69, 9.17) is 11.6 Å². The van der Waals surface area contributed by atoms with Crippen molar-refractivity contribution in [3.63, 3.8) is 0 Å². The van der Waals surface area contributed by atoms with Gasteiger partial charge in [-0.05, 0) is 12.0 Å². The topological polar surface area (TPSA) is 20.3 Å². The van der Waals surface area contributed by atoms with E-state index in [1.807, 2.05) is 0 Å².